The van der Waals surface area contributed by atoms with Gasteiger partial charge in [-0.1, -0.05) is 24.3 Å². The van der Waals surface area contributed by atoms with Crippen LogP contribution < -0.4 is 10.9 Å². The molecule has 1 heterocycles. The predicted octanol–water partition coefficient (Wildman–Crippen LogP) is 2.42. The van der Waals surface area contributed by atoms with Gasteiger partial charge in [0.25, 0.3) is 5.56 Å². The molecule has 0 saturated carbocycles. The number of nitriles is 1. The molecule has 2 N–H and O–H groups in total. The summed E-state index contributed by atoms with van der Waals surface area (Å²) in [7, 11) is 0. The van der Waals surface area contributed by atoms with E-state index in [2.05, 4.69) is 10.3 Å². The number of aryl methyl sites for hydroxylation is 2. The lowest BCUT2D eigenvalue weighted by atomic mass is 9.99. The maximum absolute atomic E-state index is 12.1. The van der Waals surface area contributed by atoms with Crippen LogP contribution >= 0.6 is 0 Å². The molecule has 0 fully saturated rings. The number of pyridine rings is 1. The molecule has 2 rings (SSSR count). The summed E-state index contributed by atoms with van der Waals surface area (Å²) in [6.07, 6.45) is 0.799. The molecule has 5 nitrogen and oxygen atoms in total. The number of benzene rings is 1. The Balaban J connectivity index is 2.01. The lowest BCUT2D eigenvalue weighted by Crippen LogP contribution is -2.24. The molecule has 0 saturated heterocycles. The third-order valence-electron chi connectivity index (χ3n) is 4.26. The third kappa shape index (κ3) is 3.90. The Hall–Kier alpha value is -2.87. The Labute approximate surface area is 141 Å². The molecular formula is C19H21N3O2. The molecule has 1 aromatic carbocycles. The number of aromatic amines is 1. The molecule has 0 aliphatic carbocycles. The SMILES string of the molecule is Cc1ccccc1CNC(=O)CCc1c(C)[nH]c(=O)c(C#N)c1C. The number of hydrogen-bond donors (Lipinski definition) is 2. The highest BCUT2D eigenvalue weighted by atomic mass is 16.1. The van der Waals surface area contributed by atoms with E-state index >= 15 is 0 Å². The highest BCUT2D eigenvalue weighted by Crippen LogP contribution is 2.15. The van der Waals surface area contributed by atoms with Crippen LogP contribution in [-0.2, 0) is 17.8 Å². The molecule has 124 valence electrons. The lowest BCUT2D eigenvalue weighted by molar-refractivity contribution is -0.121. The average molecular weight is 323 g/mol. The van der Waals surface area contributed by atoms with Crippen molar-refractivity contribution in [1.29, 1.82) is 5.26 Å². The second-order valence-corrected chi connectivity index (χ2v) is 5.87. The standard InChI is InChI=1S/C19H21N3O2/c1-12-6-4-5-7-15(12)11-21-18(23)9-8-16-13(2)17(10-20)19(24)22-14(16)3/h4-7H,8-9,11H2,1-3H3,(H,21,23)(H,22,24). The van der Waals surface area contributed by atoms with Crippen LogP contribution in [0, 0.1) is 32.1 Å². The number of H-pyrrole nitrogens is 1. The number of amides is 1. The maximum atomic E-state index is 12.1. The fourth-order valence-electron chi connectivity index (χ4n) is 2.75. The molecule has 0 aliphatic heterocycles. The van der Waals surface area contributed by atoms with Crippen molar-refractivity contribution in [3.05, 3.63) is 68.1 Å². The van der Waals surface area contributed by atoms with Gasteiger partial charge in [0.05, 0.1) is 0 Å². The average Bonchev–Trinajstić information content (AvgIpc) is 2.54. The van der Waals surface area contributed by atoms with Gasteiger partial charge >= 0.3 is 0 Å². The molecule has 24 heavy (non-hydrogen) atoms. The normalized spacial score (nSPS) is 10.2. The smallest absolute Gasteiger partial charge is 0.266 e. The van der Waals surface area contributed by atoms with E-state index < -0.39 is 0 Å². The molecule has 2 aromatic rings. The van der Waals surface area contributed by atoms with Gasteiger partial charge in [0.2, 0.25) is 5.91 Å². The van der Waals surface area contributed by atoms with Gasteiger partial charge in [-0.05, 0) is 49.4 Å². The maximum Gasteiger partial charge on any atom is 0.266 e. The Morgan fingerprint density at radius 1 is 1.25 bits per heavy atom. The van der Waals surface area contributed by atoms with Crippen LogP contribution in [-0.4, -0.2) is 10.9 Å². The van der Waals surface area contributed by atoms with Gasteiger partial charge in [-0.25, -0.2) is 0 Å². The minimum absolute atomic E-state index is 0.0539. The van der Waals surface area contributed by atoms with Crippen LogP contribution in [0.5, 0.6) is 0 Å². The number of aromatic nitrogens is 1. The molecule has 0 spiro atoms. The molecule has 1 amide bonds. The zero-order valence-electron chi connectivity index (χ0n) is 14.2. The summed E-state index contributed by atoms with van der Waals surface area (Å²) in [5.74, 6) is -0.0539. The molecule has 0 bridgehead atoms. The van der Waals surface area contributed by atoms with Crippen molar-refractivity contribution < 1.29 is 4.79 Å². The summed E-state index contributed by atoms with van der Waals surface area (Å²) in [5.41, 5.74) is 4.21. The molecule has 5 heteroatoms. The lowest BCUT2D eigenvalue weighted by Gasteiger charge is -2.11. The molecule has 0 radical (unpaired) electrons. The van der Waals surface area contributed by atoms with Crippen LogP contribution in [0.3, 0.4) is 0 Å². The van der Waals surface area contributed by atoms with Crippen molar-refractivity contribution in [2.24, 2.45) is 0 Å². The van der Waals surface area contributed by atoms with Crippen molar-refractivity contribution in [2.45, 2.75) is 40.2 Å². The van der Waals surface area contributed by atoms with Crippen molar-refractivity contribution in [3.8, 4) is 6.07 Å². The van der Waals surface area contributed by atoms with E-state index in [1.807, 2.05) is 37.3 Å². The Morgan fingerprint density at radius 2 is 1.96 bits per heavy atom. The van der Waals surface area contributed by atoms with Crippen LogP contribution in [0.1, 0.15) is 39.9 Å². The number of hydrogen-bond acceptors (Lipinski definition) is 3. The molecule has 0 aliphatic rings. The predicted molar refractivity (Wildman–Crippen MR) is 92.6 cm³/mol. The van der Waals surface area contributed by atoms with Crippen LogP contribution in [0.2, 0.25) is 0 Å². The van der Waals surface area contributed by atoms with Gasteiger partial charge in [0.1, 0.15) is 11.6 Å². The fourth-order valence-corrected chi connectivity index (χ4v) is 2.75. The van der Waals surface area contributed by atoms with Crippen LogP contribution in [0.25, 0.3) is 0 Å². The topological polar surface area (TPSA) is 85.8 Å². The first kappa shape index (κ1) is 17.5. The zero-order valence-corrected chi connectivity index (χ0v) is 14.2. The van der Waals surface area contributed by atoms with Gasteiger partial charge in [-0.15, -0.1) is 0 Å². The molecule has 0 unspecified atom stereocenters. The van der Waals surface area contributed by atoms with Crippen molar-refractivity contribution in [2.75, 3.05) is 0 Å². The number of nitrogens with one attached hydrogen (secondary N) is 2. The van der Waals surface area contributed by atoms with Gasteiger partial charge in [-0.2, -0.15) is 5.26 Å². The summed E-state index contributed by atoms with van der Waals surface area (Å²) < 4.78 is 0. The quantitative estimate of drug-likeness (QED) is 0.886. The number of carbonyl (C=O) groups excluding carboxylic acids is 1. The summed E-state index contributed by atoms with van der Waals surface area (Å²) in [5, 5.41) is 12.0. The largest absolute Gasteiger partial charge is 0.352 e. The van der Waals surface area contributed by atoms with Gasteiger partial charge in [0.15, 0.2) is 0 Å². The molecular weight excluding hydrogens is 302 g/mol. The first-order valence-corrected chi connectivity index (χ1v) is 7.87. The van der Waals surface area contributed by atoms with Crippen molar-refractivity contribution in [1.82, 2.24) is 10.3 Å². The van der Waals surface area contributed by atoms with Gasteiger partial charge < -0.3 is 10.3 Å². The minimum Gasteiger partial charge on any atom is -0.352 e. The number of nitrogens with zero attached hydrogens (tertiary/aromatic N) is 1. The van der Waals surface area contributed by atoms with E-state index in [0.29, 0.717) is 30.6 Å². The summed E-state index contributed by atoms with van der Waals surface area (Å²) in [4.78, 5) is 26.5. The Bertz CT molecular complexity index is 860. The fraction of sp³-hybridized carbons (Fsp3) is 0.316. The first-order chi connectivity index (χ1) is 11.4. The van der Waals surface area contributed by atoms with Gasteiger partial charge in [0, 0.05) is 18.7 Å². The van der Waals surface area contributed by atoms with Crippen LogP contribution in [0.4, 0.5) is 0 Å². The monoisotopic (exact) mass is 323 g/mol. The Kier molecular flexibility index (Phi) is 5.54. The molecule has 1 aromatic heterocycles. The number of rotatable bonds is 5. The van der Waals surface area contributed by atoms with Crippen LogP contribution in [0.15, 0.2) is 29.1 Å². The highest BCUT2D eigenvalue weighted by molar-refractivity contribution is 5.76. The first-order valence-electron chi connectivity index (χ1n) is 7.87. The summed E-state index contributed by atoms with van der Waals surface area (Å²) in [6, 6.07) is 9.85. The van der Waals surface area contributed by atoms with E-state index in [1.165, 1.54) is 0 Å². The summed E-state index contributed by atoms with van der Waals surface area (Å²) in [6.45, 7) is 6.05. The van der Waals surface area contributed by atoms with E-state index in [4.69, 9.17) is 5.26 Å². The number of carbonyl (C=O) groups is 1. The van der Waals surface area contributed by atoms with Crippen molar-refractivity contribution >= 4 is 5.91 Å². The van der Waals surface area contributed by atoms with E-state index in [1.54, 1.807) is 13.8 Å². The van der Waals surface area contributed by atoms with E-state index in [9.17, 15) is 9.59 Å². The van der Waals surface area contributed by atoms with E-state index in [-0.39, 0.29) is 17.0 Å². The third-order valence-corrected chi connectivity index (χ3v) is 4.26. The van der Waals surface area contributed by atoms with Gasteiger partial charge in [-0.3, -0.25) is 9.59 Å². The summed E-state index contributed by atoms with van der Waals surface area (Å²) >= 11 is 0. The zero-order chi connectivity index (χ0) is 17.7. The minimum atomic E-state index is -0.375. The Morgan fingerprint density at radius 3 is 2.62 bits per heavy atom. The van der Waals surface area contributed by atoms with Crippen molar-refractivity contribution in [3.63, 3.8) is 0 Å². The highest BCUT2D eigenvalue weighted by Gasteiger charge is 2.13. The second-order valence-electron chi connectivity index (χ2n) is 5.87. The molecule has 0 atom stereocenters. The van der Waals surface area contributed by atoms with E-state index in [0.717, 1.165) is 16.7 Å². The second kappa shape index (κ2) is 7.60.